The Kier molecular flexibility index (Phi) is 5.23. The minimum Gasteiger partial charge on any atom is -0.465 e. The average Bonchev–Trinajstić information content (AvgIpc) is 2.97. The van der Waals surface area contributed by atoms with Crippen LogP contribution in [0, 0.1) is 5.92 Å². The lowest BCUT2D eigenvalue weighted by atomic mass is 9.88. The summed E-state index contributed by atoms with van der Waals surface area (Å²) in [6.07, 6.45) is 3.80. The number of methoxy groups -OCH3 is 1. The maximum absolute atomic E-state index is 12.6. The molecule has 1 aliphatic rings. The summed E-state index contributed by atoms with van der Waals surface area (Å²) < 4.78 is 4.96. The summed E-state index contributed by atoms with van der Waals surface area (Å²) in [5.41, 5.74) is 3.36. The number of anilines is 1. The van der Waals surface area contributed by atoms with Gasteiger partial charge in [-0.2, -0.15) is 0 Å². The van der Waals surface area contributed by atoms with Gasteiger partial charge in [0, 0.05) is 10.4 Å². The Hall–Kier alpha value is -2.14. The highest BCUT2D eigenvalue weighted by Crippen LogP contribution is 2.40. The third-order valence-corrected chi connectivity index (χ3v) is 5.92. The van der Waals surface area contributed by atoms with Gasteiger partial charge in [-0.15, -0.1) is 11.3 Å². The van der Waals surface area contributed by atoms with Gasteiger partial charge in [0.15, 0.2) is 0 Å². The van der Waals surface area contributed by atoms with Crippen molar-refractivity contribution in [3.63, 3.8) is 0 Å². The highest BCUT2D eigenvalue weighted by Gasteiger charge is 2.29. The number of fused-ring (bicyclic) bond motifs is 1. The lowest BCUT2D eigenvalue weighted by Crippen LogP contribution is -2.16. The van der Waals surface area contributed by atoms with Gasteiger partial charge in [-0.3, -0.25) is 4.79 Å². The van der Waals surface area contributed by atoms with E-state index >= 15 is 0 Å². The largest absolute Gasteiger partial charge is 0.465 e. The lowest BCUT2D eigenvalue weighted by Gasteiger charge is -2.18. The summed E-state index contributed by atoms with van der Waals surface area (Å²) in [7, 11) is 1.38. The Labute approximate surface area is 152 Å². The Morgan fingerprint density at radius 2 is 2.00 bits per heavy atom. The number of benzene rings is 1. The summed E-state index contributed by atoms with van der Waals surface area (Å²) >= 11 is 1.51. The van der Waals surface area contributed by atoms with Crippen LogP contribution in [0.2, 0.25) is 0 Å². The van der Waals surface area contributed by atoms with E-state index in [1.165, 1.54) is 28.9 Å². The number of amides is 1. The monoisotopic (exact) mass is 357 g/mol. The maximum atomic E-state index is 12.6. The van der Waals surface area contributed by atoms with Crippen molar-refractivity contribution in [2.24, 2.45) is 5.92 Å². The summed E-state index contributed by atoms with van der Waals surface area (Å²) in [5.74, 6) is 0.0323. The lowest BCUT2D eigenvalue weighted by molar-refractivity contribution is 0.0601. The van der Waals surface area contributed by atoms with Crippen molar-refractivity contribution in [2.45, 2.75) is 39.5 Å². The molecule has 1 aliphatic carbocycles. The molecule has 1 N–H and O–H groups in total. The Morgan fingerprint density at radius 3 is 2.64 bits per heavy atom. The second kappa shape index (κ2) is 7.40. The van der Waals surface area contributed by atoms with Crippen molar-refractivity contribution < 1.29 is 14.3 Å². The fourth-order valence-corrected chi connectivity index (χ4v) is 4.62. The molecule has 1 unspecified atom stereocenters. The molecule has 0 fully saturated rings. The van der Waals surface area contributed by atoms with Gasteiger partial charge in [0.25, 0.3) is 5.91 Å². The van der Waals surface area contributed by atoms with Crippen molar-refractivity contribution in [3.05, 3.63) is 51.4 Å². The summed E-state index contributed by atoms with van der Waals surface area (Å²) in [6, 6.07) is 7.55. The average molecular weight is 357 g/mol. The van der Waals surface area contributed by atoms with Crippen LogP contribution in [0.25, 0.3) is 0 Å². The van der Waals surface area contributed by atoms with Crippen molar-refractivity contribution in [2.75, 3.05) is 12.4 Å². The highest BCUT2D eigenvalue weighted by atomic mass is 32.1. The van der Waals surface area contributed by atoms with Crippen LogP contribution in [0.15, 0.2) is 24.3 Å². The first kappa shape index (κ1) is 17.7. The van der Waals surface area contributed by atoms with Crippen LogP contribution in [-0.2, 0) is 24.0 Å². The first-order chi connectivity index (χ1) is 12.0. The zero-order valence-electron chi connectivity index (χ0n) is 14.8. The number of rotatable bonds is 4. The summed E-state index contributed by atoms with van der Waals surface area (Å²) in [4.78, 5) is 26.1. The third-order valence-electron chi connectivity index (χ3n) is 4.75. The zero-order chi connectivity index (χ0) is 18.0. The van der Waals surface area contributed by atoms with Crippen LogP contribution in [0.5, 0.6) is 0 Å². The van der Waals surface area contributed by atoms with Gasteiger partial charge >= 0.3 is 5.97 Å². The van der Waals surface area contributed by atoms with E-state index in [-0.39, 0.29) is 11.9 Å². The predicted octanol–water partition coefficient (Wildman–Crippen LogP) is 4.47. The second-order valence-electron chi connectivity index (χ2n) is 6.55. The van der Waals surface area contributed by atoms with Gasteiger partial charge < -0.3 is 10.1 Å². The van der Waals surface area contributed by atoms with Crippen molar-refractivity contribution in [1.82, 2.24) is 0 Å². The topological polar surface area (TPSA) is 55.4 Å². The molecule has 1 atom stereocenters. The molecule has 5 heteroatoms. The molecule has 0 radical (unpaired) electrons. The van der Waals surface area contributed by atoms with E-state index in [9.17, 15) is 9.59 Å². The predicted molar refractivity (Wildman–Crippen MR) is 101 cm³/mol. The molecular weight excluding hydrogens is 334 g/mol. The molecule has 4 nitrogen and oxygen atoms in total. The fraction of sp³-hybridized carbons (Fsp3) is 0.400. The van der Waals surface area contributed by atoms with Gasteiger partial charge in [0.2, 0.25) is 0 Å². The smallest absolute Gasteiger partial charge is 0.341 e. The molecule has 2 aromatic rings. The first-order valence-corrected chi connectivity index (χ1v) is 9.48. The van der Waals surface area contributed by atoms with Crippen molar-refractivity contribution in [3.8, 4) is 0 Å². The third kappa shape index (κ3) is 3.61. The van der Waals surface area contributed by atoms with E-state index in [2.05, 4.69) is 19.2 Å². The molecule has 1 aromatic carbocycles. The first-order valence-electron chi connectivity index (χ1n) is 8.66. The number of carbonyl (C=O) groups excluding carboxylic acids is 2. The van der Waals surface area contributed by atoms with Crippen LogP contribution in [0.4, 0.5) is 5.00 Å². The number of hydrogen-bond donors (Lipinski definition) is 1. The second-order valence-corrected chi connectivity index (χ2v) is 7.66. The highest BCUT2D eigenvalue weighted by molar-refractivity contribution is 7.17. The van der Waals surface area contributed by atoms with E-state index in [0.717, 1.165) is 31.2 Å². The normalized spacial score (nSPS) is 16.2. The number of aryl methyl sites for hydroxylation is 1. The quantitative estimate of drug-likeness (QED) is 0.821. The molecule has 132 valence electrons. The van der Waals surface area contributed by atoms with Crippen LogP contribution >= 0.6 is 11.3 Å². The standard InChI is InChI=1S/C20H23NO3S/c1-4-13-6-8-14(9-7-13)18(22)21-19-17(20(23)24-3)15-10-5-12(2)11-16(15)25-19/h6-9,12H,4-5,10-11H2,1-3H3,(H,21,22). The van der Waals surface area contributed by atoms with Gasteiger partial charge in [-0.05, 0) is 54.9 Å². The Bertz CT molecular complexity index is 792. The molecular formula is C20H23NO3S. The molecule has 0 spiro atoms. The fourth-order valence-electron chi connectivity index (χ4n) is 3.22. The summed E-state index contributed by atoms with van der Waals surface area (Å²) in [6.45, 7) is 4.29. The van der Waals surface area contributed by atoms with E-state index in [1.807, 2.05) is 24.3 Å². The minimum atomic E-state index is -0.372. The van der Waals surface area contributed by atoms with Gasteiger partial charge in [-0.1, -0.05) is 26.0 Å². The molecule has 25 heavy (non-hydrogen) atoms. The van der Waals surface area contributed by atoms with Gasteiger partial charge in [0.05, 0.1) is 12.7 Å². The van der Waals surface area contributed by atoms with Crippen LogP contribution in [-0.4, -0.2) is 19.0 Å². The number of nitrogens with one attached hydrogen (secondary N) is 1. The zero-order valence-corrected chi connectivity index (χ0v) is 15.7. The number of esters is 1. The van der Waals surface area contributed by atoms with Crippen molar-refractivity contribution in [1.29, 1.82) is 0 Å². The molecule has 1 heterocycles. The molecule has 0 aliphatic heterocycles. The van der Waals surface area contributed by atoms with Gasteiger partial charge in [-0.25, -0.2) is 4.79 Å². The van der Waals surface area contributed by atoms with E-state index in [1.54, 1.807) is 0 Å². The van der Waals surface area contributed by atoms with Crippen LogP contribution < -0.4 is 5.32 Å². The van der Waals surface area contributed by atoms with E-state index < -0.39 is 0 Å². The van der Waals surface area contributed by atoms with Crippen LogP contribution in [0.3, 0.4) is 0 Å². The van der Waals surface area contributed by atoms with Gasteiger partial charge in [0.1, 0.15) is 5.00 Å². The SMILES string of the molecule is CCc1ccc(C(=O)Nc2sc3c(c2C(=O)OC)CCC(C)C3)cc1. The molecule has 0 saturated carbocycles. The van der Waals surface area contributed by atoms with Crippen molar-refractivity contribution >= 4 is 28.2 Å². The molecule has 0 bridgehead atoms. The molecule has 1 aromatic heterocycles. The maximum Gasteiger partial charge on any atom is 0.341 e. The molecule has 1 amide bonds. The van der Waals surface area contributed by atoms with E-state index in [4.69, 9.17) is 4.74 Å². The number of carbonyl (C=O) groups is 2. The molecule has 3 rings (SSSR count). The minimum absolute atomic E-state index is 0.195. The van der Waals surface area contributed by atoms with E-state index in [0.29, 0.717) is 22.0 Å². The number of ether oxygens (including phenoxy) is 1. The summed E-state index contributed by atoms with van der Waals surface area (Å²) in [5, 5.41) is 3.54. The number of thiophene rings is 1. The Balaban J connectivity index is 1.90. The number of hydrogen-bond acceptors (Lipinski definition) is 4. The van der Waals surface area contributed by atoms with Crippen LogP contribution in [0.1, 0.15) is 57.0 Å². The Morgan fingerprint density at radius 1 is 1.28 bits per heavy atom. The molecule has 0 saturated heterocycles.